The van der Waals surface area contributed by atoms with Crippen molar-refractivity contribution in [1.82, 2.24) is 10.6 Å². The summed E-state index contributed by atoms with van der Waals surface area (Å²) in [6, 6.07) is 13.4. The Kier molecular flexibility index (Phi) is 2.34. The lowest BCUT2D eigenvalue weighted by atomic mass is 10.1. The first-order chi connectivity index (χ1) is 8.72. The first-order valence-corrected chi connectivity index (χ1v) is 5.55. The third-order valence-electron chi connectivity index (χ3n) is 2.80. The zero-order valence-electron chi connectivity index (χ0n) is 9.44. The van der Waals surface area contributed by atoms with Crippen molar-refractivity contribution < 1.29 is 9.59 Å². The van der Waals surface area contributed by atoms with Crippen LogP contribution in [0.4, 0.5) is 4.79 Å². The van der Waals surface area contributed by atoms with E-state index in [0.29, 0.717) is 0 Å². The van der Waals surface area contributed by atoms with Crippen LogP contribution in [-0.2, 0) is 4.79 Å². The second-order valence-electron chi connectivity index (χ2n) is 4.07. The second kappa shape index (κ2) is 4.00. The van der Waals surface area contributed by atoms with Gasteiger partial charge in [0, 0.05) is 0 Å². The molecule has 1 aliphatic rings. The molecule has 1 saturated heterocycles. The number of hydrogen-bond acceptors (Lipinski definition) is 2. The third-order valence-corrected chi connectivity index (χ3v) is 2.80. The van der Waals surface area contributed by atoms with Gasteiger partial charge in [-0.05, 0) is 28.5 Å². The van der Waals surface area contributed by atoms with E-state index in [4.69, 9.17) is 0 Å². The predicted octanol–water partition coefficient (Wildman–Crippen LogP) is 2.02. The van der Waals surface area contributed by atoms with Crippen molar-refractivity contribution in [3.8, 4) is 0 Å². The molecule has 0 atom stereocenters. The molecular weight excluding hydrogens is 228 g/mol. The van der Waals surface area contributed by atoms with E-state index < -0.39 is 11.9 Å². The highest BCUT2D eigenvalue weighted by atomic mass is 16.2. The van der Waals surface area contributed by atoms with Crippen LogP contribution in [0.1, 0.15) is 5.56 Å². The summed E-state index contributed by atoms with van der Waals surface area (Å²) in [5.74, 6) is -0.395. The SMILES string of the molecule is O=C1NC(=O)/C(=C\c2ccc3ccccc3c2)N1. The van der Waals surface area contributed by atoms with E-state index in [1.807, 2.05) is 42.5 Å². The fraction of sp³-hybridized carbons (Fsp3) is 0. The number of nitrogens with one attached hydrogen (secondary N) is 2. The Bertz CT molecular complexity index is 689. The summed E-state index contributed by atoms with van der Waals surface area (Å²) in [7, 11) is 0. The highest BCUT2D eigenvalue weighted by Gasteiger charge is 2.22. The Balaban J connectivity index is 2.02. The number of urea groups is 1. The second-order valence-corrected chi connectivity index (χ2v) is 4.07. The van der Waals surface area contributed by atoms with E-state index in [0.717, 1.165) is 16.3 Å². The van der Waals surface area contributed by atoms with Crippen molar-refractivity contribution in [2.75, 3.05) is 0 Å². The monoisotopic (exact) mass is 238 g/mol. The Morgan fingerprint density at radius 3 is 2.39 bits per heavy atom. The molecule has 0 bridgehead atoms. The zero-order chi connectivity index (χ0) is 12.5. The van der Waals surface area contributed by atoms with E-state index in [1.54, 1.807) is 6.08 Å². The molecular formula is C14H10N2O2. The molecule has 0 radical (unpaired) electrons. The molecule has 1 fully saturated rings. The largest absolute Gasteiger partial charge is 0.326 e. The highest BCUT2D eigenvalue weighted by Crippen LogP contribution is 2.17. The van der Waals surface area contributed by atoms with Crippen LogP contribution < -0.4 is 10.6 Å². The minimum Gasteiger partial charge on any atom is -0.303 e. The molecule has 2 aromatic rings. The van der Waals surface area contributed by atoms with Crippen LogP contribution in [0.2, 0.25) is 0 Å². The van der Waals surface area contributed by atoms with Crippen molar-refractivity contribution in [3.05, 3.63) is 53.7 Å². The Hall–Kier alpha value is -2.62. The van der Waals surface area contributed by atoms with Gasteiger partial charge in [0.05, 0.1) is 0 Å². The maximum atomic E-state index is 11.4. The molecule has 3 rings (SSSR count). The van der Waals surface area contributed by atoms with Crippen LogP contribution >= 0.6 is 0 Å². The van der Waals surface area contributed by atoms with E-state index in [1.165, 1.54) is 0 Å². The number of amides is 3. The molecule has 1 aliphatic heterocycles. The van der Waals surface area contributed by atoms with Crippen molar-refractivity contribution in [1.29, 1.82) is 0 Å². The summed E-state index contributed by atoms with van der Waals surface area (Å²) in [4.78, 5) is 22.4. The average Bonchev–Trinajstić information content (AvgIpc) is 2.68. The Morgan fingerprint density at radius 2 is 1.67 bits per heavy atom. The molecule has 0 unspecified atom stereocenters. The van der Waals surface area contributed by atoms with Gasteiger partial charge in [-0.3, -0.25) is 10.1 Å². The maximum absolute atomic E-state index is 11.4. The summed E-state index contributed by atoms with van der Waals surface area (Å²) in [6.45, 7) is 0. The number of benzene rings is 2. The summed E-state index contributed by atoms with van der Waals surface area (Å²) < 4.78 is 0. The van der Waals surface area contributed by atoms with Gasteiger partial charge in [0.25, 0.3) is 5.91 Å². The topological polar surface area (TPSA) is 58.2 Å². The molecule has 1 heterocycles. The Labute approximate surface area is 103 Å². The maximum Gasteiger partial charge on any atom is 0.326 e. The van der Waals surface area contributed by atoms with Crippen molar-refractivity contribution in [3.63, 3.8) is 0 Å². The van der Waals surface area contributed by atoms with Gasteiger partial charge in [-0.2, -0.15) is 0 Å². The van der Waals surface area contributed by atoms with Gasteiger partial charge < -0.3 is 5.32 Å². The number of carbonyl (C=O) groups excluding carboxylic acids is 2. The number of fused-ring (bicyclic) bond motifs is 1. The third kappa shape index (κ3) is 1.84. The summed E-state index contributed by atoms with van der Waals surface area (Å²) in [5.41, 5.74) is 1.15. The minimum atomic E-state index is -0.480. The van der Waals surface area contributed by atoms with E-state index in [2.05, 4.69) is 10.6 Å². The molecule has 0 saturated carbocycles. The predicted molar refractivity (Wildman–Crippen MR) is 68.6 cm³/mol. The first-order valence-electron chi connectivity index (χ1n) is 5.55. The van der Waals surface area contributed by atoms with E-state index >= 15 is 0 Å². The van der Waals surface area contributed by atoms with Gasteiger partial charge in [-0.25, -0.2) is 4.79 Å². The smallest absolute Gasteiger partial charge is 0.303 e. The quantitative estimate of drug-likeness (QED) is 0.590. The normalized spacial score (nSPS) is 17.0. The van der Waals surface area contributed by atoms with Gasteiger partial charge in [-0.15, -0.1) is 0 Å². The minimum absolute atomic E-state index is 0.273. The fourth-order valence-electron chi connectivity index (χ4n) is 1.95. The summed E-state index contributed by atoms with van der Waals surface area (Å²) in [6.07, 6.45) is 1.66. The summed E-state index contributed by atoms with van der Waals surface area (Å²) in [5, 5.41) is 6.86. The lowest BCUT2D eigenvalue weighted by Crippen LogP contribution is -2.22. The van der Waals surface area contributed by atoms with Gasteiger partial charge in [0.2, 0.25) is 0 Å². The van der Waals surface area contributed by atoms with E-state index in [-0.39, 0.29) is 5.70 Å². The molecule has 4 heteroatoms. The van der Waals surface area contributed by atoms with Gasteiger partial charge in [0.15, 0.2) is 0 Å². The van der Waals surface area contributed by atoms with E-state index in [9.17, 15) is 9.59 Å². The molecule has 2 aromatic carbocycles. The number of imide groups is 1. The zero-order valence-corrected chi connectivity index (χ0v) is 9.44. The number of carbonyl (C=O) groups is 2. The first kappa shape index (κ1) is 10.5. The van der Waals surface area contributed by atoms with Crippen molar-refractivity contribution in [2.24, 2.45) is 0 Å². The van der Waals surface area contributed by atoms with Crippen LogP contribution in [0.3, 0.4) is 0 Å². The summed E-state index contributed by atoms with van der Waals surface area (Å²) >= 11 is 0. The molecule has 0 spiro atoms. The van der Waals surface area contributed by atoms with Crippen LogP contribution in [0.25, 0.3) is 16.8 Å². The lowest BCUT2D eigenvalue weighted by molar-refractivity contribution is -0.115. The number of rotatable bonds is 1. The molecule has 3 amide bonds. The average molecular weight is 238 g/mol. The highest BCUT2D eigenvalue weighted by molar-refractivity contribution is 6.14. The molecule has 18 heavy (non-hydrogen) atoms. The molecule has 0 aliphatic carbocycles. The molecule has 2 N–H and O–H groups in total. The van der Waals surface area contributed by atoms with Crippen LogP contribution in [0, 0.1) is 0 Å². The van der Waals surface area contributed by atoms with Crippen LogP contribution in [0.5, 0.6) is 0 Å². The van der Waals surface area contributed by atoms with Gasteiger partial charge in [-0.1, -0.05) is 36.4 Å². The fourth-order valence-corrected chi connectivity index (χ4v) is 1.95. The van der Waals surface area contributed by atoms with Crippen LogP contribution in [-0.4, -0.2) is 11.9 Å². The number of hydrogen-bond donors (Lipinski definition) is 2. The Morgan fingerprint density at radius 1 is 0.889 bits per heavy atom. The van der Waals surface area contributed by atoms with Gasteiger partial charge in [0.1, 0.15) is 5.70 Å². The van der Waals surface area contributed by atoms with Crippen molar-refractivity contribution >= 4 is 28.8 Å². The lowest BCUT2D eigenvalue weighted by Gasteiger charge is -2.00. The molecule has 88 valence electrons. The molecule has 0 aromatic heterocycles. The molecule has 4 nitrogen and oxygen atoms in total. The standard InChI is InChI=1S/C14H10N2O2/c17-13-12(15-14(18)16-13)8-9-5-6-10-3-1-2-4-11(10)7-9/h1-8H,(H2,15,16,17,18)/b12-8+. The van der Waals surface area contributed by atoms with Gasteiger partial charge >= 0.3 is 6.03 Å². The van der Waals surface area contributed by atoms with Crippen molar-refractivity contribution in [2.45, 2.75) is 0 Å². The van der Waals surface area contributed by atoms with Crippen LogP contribution in [0.15, 0.2) is 48.2 Å².